The average molecular weight is 131 g/mol. The fourth-order valence-electron chi connectivity index (χ4n) is 1.16. The SMILES string of the molecule is NC1(O)CCCCC1O. The highest BCUT2D eigenvalue weighted by Gasteiger charge is 2.33. The van der Waals surface area contributed by atoms with Crippen molar-refractivity contribution in [1.82, 2.24) is 0 Å². The van der Waals surface area contributed by atoms with E-state index in [-0.39, 0.29) is 0 Å². The maximum absolute atomic E-state index is 9.17. The Bertz CT molecular complexity index is 103. The molecular weight excluding hydrogens is 118 g/mol. The molecule has 2 atom stereocenters. The molecule has 1 rings (SSSR count). The van der Waals surface area contributed by atoms with Crippen LogP contribution in [0.2, 0.25) is 0 Å². The van der Waals surface area contributed by atoms with E-state index in [9.17, 15) is 5.11 Å². The van der Waals surface area contributed by atoms with Crippen LogP contribution in [0.5, 0.6) is 0 Å². The van der Waals surface area contributed by atoms with Crippen molar-refractivity contribution in [3.8, 4) is 0 Å². The Morgan fingerprint density at radius 1 is 1.44 bits per heavy atom. The van der Waals surface area contributed by atoms with Gasteiger partial charge < -0.3 is 15.9 Å². The minimum absolute atomic E-state index is 0.522. The molecule has 1 aliphatic rings. The third kappa shape index (κ3) is 1.41. The molecule has 0 aromatic carbocycles. The molecule has 1 fully saturated rings. The molecule has 1 aliphatic carbocycles. The fourth-order valence-corrected chi connectivity index (χ4v) is 1.16. The van der Waals surface area contributed by atoms with Crippen LogP contribution in [0.15, 0.2) is 0 Å². The highest BCUT2D eigenvalue weighted by atomic mass is 16.4. The Morgan fingerprint density at radius 2 is 2.11 bits per heavy atom. The Labute approximate surface area is 54.5 Å². The Hall–Kier alpha value is -0.120. The highest BCUT2D eigenvalue weighted by Crippen LogP contribution is 2.23. The molecule has 0 spiro atoms. The number of aliphatic hydroxyl groups is 2. The molecule has 0 aliphatic heterocycles. The quantitative estimate of drug-likeness (QED) is 0.391. The molecule has 4 N–H and O–H groups in total. The summed E-state index contributed by atoms with van der Waals surface area (Å²) in [5.74, 6) is 0. The van der Waals surface area contributed by atoms with Gasteiger partial charge in [-0.3, -0.25) is 0 Å². The summed E-state index contributed by atoms with van der Waals surface area (Å²) in [5.41, 5.74) is 4.02. The van der Waals surface area contributed by atoms with Crippen molar-refractivity contribution in [1.29, 1.82) is 0 Å². The summed E-state index contributed by atoms with van der Waals surface area (Å²) in [6, 6.07) is 0. The summed E-state index contributed by atoms with van der Waals surface area (Å²) in [6.45, 7) is 0. The Balaban J connectivity index is 2.49. The number of rotatable bonds is 0. The van der Waals surface area contributed by atoms with Gasteiger partial charge >= 0.3 is 0 Å². The van der Waals surface area contributed by atoms with Crippen LogP contribution in [0.25, 0.3) is 0 Å². The minimum atomic E-state index is -1.31. The predicted molar refractivity (Wildman–Crippen MR) is 33.6 cm³/mol. The first-order valence-electron chi connectivity index (χ1n) is 3.32. The second kappa shape index (κ2) is 2.25. The predicted octanol–water partition coefficient (Wildman–Crippen LogP) is -0.431. The Morgan fingerprint density at radius 3 is 2.44 bits per heavy atom. The molecule has 0 aromatic heterocycles. The van der Waals surface area contributed by atoms with Gasteiger partial charge in [0.25, 0.3) is 0 Å². The molecule has 54 valence electrons. The van der Waals surface area contributed by atoms with Gasteiger partial charge in [-0.15, -0.1) is 0 Å². The zero-order chi connectivity index (χ0) is 6.91. The highest BCUT2D eigenvalue weighted by molar-refractivity contribution is 4.83. The van der Waals surface area contributed by atoms with Gasteiger partial charge in [0.05, 0.1) is 6.10 Å². The molecular formula is C6H13NO2. The molecule has 0 radical (unpaired) electrons. The standard InChI is InChI=1S/C6H13NO2/c7-6(9)4-2-1-3-5(6)8/h5,8-9H,1-4,7H2. The monoisotopic (exact) mass is 131 g/mol. The van der Waals surface area contributed by atoms with E-state index >= 15 is 0 Å². The van der Waals surface area contributed by atoms with E-state index in [1.807, 2.05) is 0 Å². The number of nitrogens with two attached hydrogens (primary N) is 1. The van der Waals surface area contributed by atoms with Crippen LogP contribution in [-0.2, 0) is 0 Å². The maximum atomic E-state index is 9.17. The number of aliphatic hydroxyl groups excluding tert-OH is 1. The lowest BCUT2D eigenvalue weighted by atomic mass is 9.90. The van der Waals surface area contributed by atoms with Crippen molar-refractivity contribution in [3.05, 3.63) is 0 Å². The van der Waals surface area contributed by atoms with Crippen LogP contribution >= 0.6 is 0 Å². The van der Waals surface area contributed by atoms with Gasteiger partial charge in [0.2, 0.25) is 0 Å². The van der Waals surface area contributed by atoms with Gasteiger partial charge in [-0.25, -0.2) is 0 Å². The normalized spacial score (nSPS) is 45.0. The third-order valence-electron chi connectivity index (χ3n) is 1.88. The first kappa shape index (κ1) is 6.99. The van der Waals surface area contributed by atoms with Crippen LogP contribution in [0.4, 0.5) is 0 Å². The molecule has 2 unspecified atom stereocenters. The number of hydrogen-bond donors (Lipinski definition) is 3. The molecule has 0 bridgehead atoms. The van der Waals surface area contributed by atoms with E-state index in [4.69, 9.17) is 10.8 Å². The molecule has 0 aromatic rings. The van der Waals surface area contributed by atoms with Crippen LogP contribution in [0.3, 0.4) is 0 Å². The summed E-state index contributed by atoms with van der Waals surface area (Å²) in [4.78, 5) is 0. The molecule has 3 nitrogen and oxygen atoms in total. The van der Waals surface area contributed by atoms with Crippen LogP contribution in [0.1, 0.15) is 25.7 Å². The van der Waals surface area contributed by atoms with Gasteiger partial charge in [0, 0.05) is 0 Å². The van der Waals surface area contributed by atoms with Crippen molar-refractivity contribution in [3.63, 3.8) is 0 Å². The topological polar surface area (TPSA) is 66.5 Å². The van der Waals surface area contributed by atoms with Crippen LogP contribution in [-0.4, -0.2) is 22.0 Å². The van der Waals surface area contributed by atoms with Crippen LogP contribution < -0.4 is 5.73 Å². The van der Waals surface area contributed by atoms with Gasteiger partial charge in [0.15, 0.2) is 0 Å². The summed E-state index contributed by atoms with van der Waals surface area (Å²) < 4.78 is 0. The first-order chi connectivity index (χ1) is 4.13. The van der Waals surface area contributed by atoms with Crippen LogP contribution in [0, 0.1) is 0 Å². The van der Waals surface area contributed by atoms with E-state index in [1.54, 1.807) is 0 Å². The Kier molecular flexibility index (Phi) is 1.75. The maximum Gasteiger partial charge on any atom is 0.139 e. The van der Waals surface area contributed by atoms with Crippen molar-refractivity contribution in [2.24, 2.45) is 5.73 Å². The summed E-state index contributed by atoms with van der Waals surface area (Å²) in [7, 11) is 0. The smallest absolute Gasteiger partial charge is 0.139 e. The molecule has 0 amide bonds. The molecule has 1 saturated carbocycles. The summed E-state index contributed by atoms with van der Waals surface area (Å²) in [6.07, 6.45) is 2.33. The van der Waals surface area contributed by atoms with Crippen molar-refractivity contribution < 1.29 is 10.2 Å². The average Bonchev–Trinajstić information content (AvgIpc) is 1.77. The lowest BCUT2D eigenvalue weighted by Gasteiger charge is -2.32. The zero-order valence-electron chi connectivity index (χ0n) is 5.38. The molecule has 9 heavy (non-hydrogen) atoms. The van der Waals surface area contributed by atoms with Gasteiger partial charge in [-0.2, -0.15) is 0 Å². The lowest BCUT2D eigenvalue weighted by molar-refractivity contribution is -0.0952. The fraction of sp³-hybridized carbons (Fsp3) is 1.00. The van der Waals surface area contributed by atoms with Gasteiger partial charge in [0.1, 0.15) is 5.72 Å². The second-order valence-corrected chi connectivity index (χ2v) is 2.75. The summed E-state index contributed by atoms with van der Waals surface area (Å²) in [5, 5.41) is 18.2. The van der Waals surface area contributed by atoms with E-state index in [2.05, 4.69) is 0 Å². The van der Waals surface area contributed by atoms with Gasteiger partial charge in [-0.1, -0.05) is 6.42 Å². The van der Waals surface area contributed by atoms with Crippen molar-refractivity contribution in [2.75, 3.05) is 0 Å². The van der Waals surface area contributed by atoms with E-state index < -0.39 is 11.8 Å². The largest absolute Gasteiger partial charge is 0.389 e. The molecule has 0 saturated heterocycles. The van der Waals surface area contributed by atoms with E-state index in [1.165, 1.54) is 0 Å². The molecule has 0 heterocycles. The van der Waals surface area contributed by atoms with Crippen molar-refractivity contribution in [2.45, 2.75) is 37.5 Å². The summed E-state index contributed by atoms with van der Waals surface area (Å²) >= 11 is 0. The van der Waals surface area contributed by atoms with Crippen molar-refractivity contribution >= 4 is 0 Å². The number of hydrogen-bond acceptors (Lipinski definition) is 3. The lowest BCUT2D eigenvalue weighted by Crippen LogP contribution is -2.52. The second-order valence-electron chi connectivity index (χ2n) is 2.75. The van der Waals surface area contributed by atoms with Gasteiger partial charge in [-0.05, 0) is 19.3 Å². The minimum Gasteiger partial charge on any atom is -0.389 e. The first-order valence-corrected chi connectivity index (χ1v) is 3.32. The zero-order valence-corrected chi connectivity index (χ0v) is 5.38. The third-order valence-corrected chi connectivity index (χ3v) is 1.88. The van der Waals surface area contributed by atoms with E-state index in [0.717, 1.165) is 12.8 Å². The van der Waals surface area contributed by atoms with E-state index in [0.29, 0.717) is 12.8 Å². The molecule has 3 heteroatoms.